The van der Waals surface area contributed by atoms with Gasteiger partial charge in [0.25, 0.3) is 0 Å². The molecule has 1 rings (SSSR count). The highest BCUT2D eigenvalue weighted by molar-refractivity contribution is 7.92. The lowest BCUT2D eigenvalue weighted by atomic mass is 10.2. The van der Waals surface area contributed by atoms with Gasteiger partial charge in [-0.25, -0.2) is 8.42 Å². The van der Waals surface area contributed by atoms with Gasteiger partial charge in [-0.15, -0.1) is 0 Å². The molecule has 15 heavy (non-hydrogen) atoms. The predicted octanol–water partition coefficient (Wildman–Crippen LogP) is -0.711. The van der Waals surface area contributed by atoms with Crippen LogP contribution in [0.4, 0.5) is 0 Å². The summed E-state index contributed by atoms with van der Waals surface area (Å²) in [7, 11) is -2.89. The van der Waals surface area contributed by atoms with Crippen LogP contribution in [-0.4, -0.2) is 45.0 Å². The average Bonchev–Trinajstić information content (AvgIpc) is 2.46. The SMILES string of the molecule is CCNC(=O)CNCC1CCCS1(=O)=O. The number of amides is 1. The van der Waals surface area contributed by atoms with Crippen LogP contribution in [0.15, 0.2) is 0 Å². The molecule has 0 aliphatic carbocycles. The first-order valence-electron chi connectivity index (χ1n) is 5.25. The fourth-order valence-corrected chi connectivity index (χ4v) is 3.49. The molecule has 2 N–H and O–H groups in total. The summed E-state index contributed by atoms with van der Waals surface area (Å²) in [6.07, 6.45) is 1.46. The van der Waals surface area contributed by atoms with Crippen molar-refractivity contribution in [3.8, 4) is 0 Å². The molecular formula is C9H18N2O3S. The van der Waals surface area contributed by atoms with Crippen LogP contribution in [0.25, 0.3) is 0 Å². The highest BCUT2D eigenvalue weighted by atomic mass is 32.2. The summed E-state index contributed by atoms with van der Waals surface area (Å²) in [5.74, 6) is 0.202. The van der Waals surface area contributed by atoms with E-state index in [0.717, 1.165) is 6.42 Å². The lowest BCUT2D eigenvalue weighted by molar-refractivity contribution is -0.120. The number of likely N-dealkylation sites (N-methyl/N-ethyl adjacent to an activating group) is 1. The molecule has 0 spiro atoms. The van der Waals surface area contributed by atoms with Gasteiger partial charge in [-0.1, -0.05) is 0 Å². The van der Waals surface area contributed by atoms with Gasteiger partial charge in [-0.3, -0.25) is 4.79 Å². The molecule has 0 bridgehead atoms. The number of carbonyl (C=O) groups excluding carboxylic acids is 1. The Morgan fingerprint density at radius 2 is 2.20 bits per heavy atom. The Bertz CT molecular complexity index is 313. The highest BCUT2D eigenvalue weighted by Gasteiger charge is 2.30. The van der Waals surface area contributed by atoms with Gasteiger partial charge in [0.2, 0.25) is 5.91 Å². The second-order valence-electron chi connectivity index (χ2n) is 3.72. The smallest absolute Gasteiger partial charge is 0.233 e. The molecule has 5 nitrogen and oxygen atoms in total. The fraction of sp³-hybridized carbons (Fsp3) is 0.889. The maximum absolute atomic E-state index is 11.4. The van der Waals surface area contributed by atoms with E-state index in [-0.39, 0.29) is 17.7 Å². The molecule has 88 valence electrons. The topological polar surface area (TPSA) is 75.3 Å². The summed E-state index contributed by atoms with van der Waals surface area (Å²) < 4.78 is 22.8. The Kier molecular flexibility index (Phi) is 4.53. The van der Waals surface area contributed by atoms with Gasteiger partial charge in [-0.05, 0) is 19.8 Å². The molecule has 1 fully saturated rings. The van der Waals surface area contributed by atoms with E-state index in [0.29, 0.717) is 25.3 Å². The zero-order valence-electron chi connectivity index (χ0n) is 8.95. The third-order valence-electron chi connectivity index (χ3n) is 2.49. The first-order valence-corrected chi connectivity index (χ1v) is 6.97. The Balaban J connectivity index is 2.23. The second-order valence-corrected chi connectivity index (χ2v) is 6.12. The predicted molar refractivity (Wildman–Crippen MR) is 58.4 cm³/mol. The van der Waals surface area contributed by atoms with Crippen LogP contribution in [0.3, 0.4) is 0 Å². The van der Waals surface area contributed by atoms with E-state index in [1.165, 1.54) is 0 Å². The summed E-state index contributed by atoms with van der Waals surface area (Å²) in [5, 5.41) is 5.22. The molecule has 6 heteroatoms. The molecule has 0 aromatic carbocycles. The molecule has 1 aliphatic heterocycles. The first-order chi connectivity index (χ1) is 7.06. The molecular weight excluding hydrogens is 216 g/mol. The summed E-state index contributed by atoms with van der Waals surface area (Å²) in [6, 6.07) is 0. The lowest BCUT2D eigenvalue weighted by Gasteiger charge is -2.10. The van der Waals surface area contributed by atoms with E-state index in [4.69, 9.17) is 0 Å². The van der Waals surface area contributed by atoms with Gasteiger partial charge < -0.3 is 10.6 Å². The average molecular weight is 234 g/mol. The van der Waals surface area contributed by atoms with Crippen molar-refractivity contribution < 1.29 is 13.2 Å². The Labute approximate surface area is 90.5 Å². The minimum absolute atomic E-state index is 0.0899. The summed E-state index contributed by atoms with van der Waals surface area (Å²) in [4.78, 5) is 11.1. The van der Waals surface area contributed by atoms with Crippen LogP contribution in [-0.2, 0) is 14.6 Å². The third-order valence-corrected chi connectivity index (χ3v) is 4.77. The van der Waals surface area contributed by atoms with Crippen molar-refractivity contribution in [1.29, 1.82) is 0 Å². The van der Waals surface area contributed by atoms with Gasteiger partial charge >= 0.3 is 0 Å². The van der Waals surface area contributed by atoms with Gasteiger partial charge in [-0.2, -0.15) is 0 Å². The van der Waals surface area contributed by atoms with Crippen molar-refractivity contribution in [2.45, 2.75) is 25.0 Å². The number of sulfone groups is 1. The fourth-order valence-electron chi connectivity index (χ4n) is 1.69. The molecule has 1 unspecified atom stereocenters. The number of carbonyl (C=O) groups is 1. The Morgan fingerprint density at radius 1 is 1.47 bits per heavy atom. The Morgan fingerprint density at radius 3 is 2.73 bits per heavy atom. The van der Waals surface area contributed by atoms with Gasteiger partial charge in [0.05, 0.1) is 17.5 Å². The van der Waals surface area contributed by atoms with Gasteiger partial charge in [0.15, 0.2) is 9.84 Å². The maximum Gasteiger partial charge on any atom is 0.233 e. The van der Waals surface area contributed by atoms with Crippen LogP contribution < -0.4 is 10.6 Å². The van der Waals surface area contributed by atoms with Gasteiger partial charge in [0, 0.05) is 13.1 Å². The molecule has 1 saturated heterocycles. The first kappa shape index (κ1) is 12.4. The number of rotatable bonds is 5. The number of hydrogen-bond donors (Lipinski definition) is 2. The highest BCUT2D eigenvalue weighted by Crippen LogP contribution is 2.18. The van der Waals surface area contributed by atoms with Crippen LogP contribution in [0.1, 0.15) is 19.8 Å². The van der Waals surface area contributed by atoms with Crippen molar-refractivity contribution in [3.05, 3.63) is 0 Å². The van der Waals surface area contributed by atoms with Gasteiger partial charge in [0.1, 0.15) is 0 Å². The van der Waals surface area contributed by atoms with E-state index < -0.39 is 9.84 Å². The van der Waals surface area contributed by atoms with E-state index in [2.05, 4.69) is 10.6 Å². The van der Waals surface area contributed by atoms with Crippen LogP contribution in [0.2, 0.25) is 0 Å². The summed E-state index contributed by atoms with van der Waals surface area (Å²) in [6.45, 7) is 3.03. The van der Waals surface area contributed by atoms with E-state index in [1.54, 1.807) is 0 Å². The quantitative estimate of drug-likeness (QED) is 0.659. The molecule has 0 saturated carbocycles. The molecule has 0 aromatic heterocycles. The zero-order valence-corrected chi connectivity index (χ0v) is 9.77. The monoisotopic (exact) mass is 234 g/mol. The van der Waals surface area contributed by atoms with Crippen molar-refractivity contribution in [2.75, 3.05) is 25.4 Å². The van der Waals surface area contributed by atoms with Crippen LogP contribution in [0, 0.1) is 0 Å². The van der Waals surface area contributed by atoms with Crippen LogP contribution in [0.5, 0.6) is 0 Å². The van der Waals surface area contributed by atoms with Crippen LogP contribution >= 0.6 is 0 Å². The third kappa shape index (κ3) is 3.79. The lowest BCUT2D eigenvalue weighted by Crippen LogP contribution is -2.38. The van der Waals surface area contributed by atoms with Crippen molar-refractivity contribution in [3.63, 3.8) is 0 Å². The van der Waals surface area contributed by atoms with Crippen molar-refractivity contribution in [1.82, 2.24) is 10.6 Å². The van der Waals surface area contributed by atoms with E-state index in [1.807, 2.05) is 6.92 Å². The largest absolute Gasteiger partial charge is 0.355 e. The summed E-state index contributed by atoms with van der Waals surface area (Å²) >= 11 is 0. The number of nitrogens with one attached hydrogen (secondary N) is 2. The molecule has 1 atom stereocenters. The molecule has 0 radical (unpaired) electrons. The number of hydrogen-bond acceptors (Lipinski definition) is 4. The zero-order chi connectivity index (χ0) is 11.3. The summed E-state index contributed by atoms with van der Waals surface area (Å²) in [5.41, 5.74) is 0. The normalized spacial score (nSPS) is 23.9. The molecule has 1 heterocycles. The minimum atomic E-state index is -2.89. The Hall–Kier alpha value is -0.620. The second kappa shape index (κ2) is 5.46. The standard InChI is InChI=1S/C9H18N2O3S/c1-2-11-9(12)7-10-6-8-4-3-5-15(8,13)14/h8,10H,2-7H2,1H3,(H,11,12). The van der Waals surface area contributed by atoms with Crippen molar-refractivity contribution >= 4 is 15.7 Å². The molecule has 1 aliphatic rings. The van der Waals surface area contributed by atoms with E-state index >= 15 is 0 Å². The van der Waals surface area contributed by atoms with Crippen molar-refractivity contribution in [2.24, 2.45) is 0 Å². The maximum atomic E-state index is 11.4. The molecule has 1 amide bonds. The van der Waals surface area contributed by atoms with E-state index in [9.17, 15) is 13.2 Å². The minimum Gasteiger partial charge on any atom is -0.355 e. The molecule has 0 aromatic rings.